The summed E-state index contributed by atoms with van der Waals surface area (Å²) in [7, 11) is 0. The summed E-state index contributed by atoms with van der Waals surface area (Å²) in [6.45, 7) is 0.654. The second kappa shape index (κ2) is 4.61. The Kier molecular flexibility index (Phi) is 2.99. The van der Waals surface area contributed by atoms with Gasteiger partial charge in [0.15, 0.2) is 0 Å². The Bertz CT molecular complexity index is 481. The molecule has 0 amide bonds. The molecule has 0 saturated heterocycles. The Hall–Kier alpha value is -1.82. The minimum atomic E-state index is 0.367. The lowest BCUT2D eigenvalue weighted by Crippen LogP contribution is -2.02. The third-order valence-corrected chi connectivity index (χ3v) is 1.95. The van der Waals surface area contributed by atoms with Gasteiger partial charge in [-0.3, -0.25) is 10.1 Å². The van der Waals surface area contributed by atoms with Crippen LogP contribution in [0, 0.1) is 4.77 Å². The molecule has 0 aliphatic carbocycles. The van der Waals surface area contributed by atoms with Gasteiger partial charge in [-0.05, 0) is 23.8 Å². The summed E-state index contributed by atoms with van der Waals surface area (Å²) >= 11 is 4.85. The number of nitrogens with one attached hydrogen (secondary N) is 2. The highest BCUT2D eigenvalue weighted by atomic mass is 32.1. The largest absolute Gasteiger partial charge is 0.365 e. The van der Waals surface area contributed by atoms with Crippen molar-refractivity contribution in [3.63, 3.8) is 0 Å². The standard InChI is InChI=1S/C9H9N5S/c15-9-13-8(6-12-14-9)11-5-7-2-1-3-10-4-7/h1-4,6H,5H2,(H2,11,13,14,15). The number of aromatic nitrogens is 4. The molecule has 76 valence electrons. The normalized spacial score (nSPS) is 9.87. The van der Waals surface area contributed by atoms with Gasteiger partial charge in [-0.2, -0.15) is 5.10 Å². The zero-order chi connectivity index (χ0) is 10.5. The van der Waals surface area contributed by atoms with E-state index in [4.69, 9.17) is 12.2 Å². The smallest absolute Gasteiger partial charge is 0.215 e. The second-order valence-corrected chi connectivity index (χ2v) is 3.27. The van der Waals surface area contributed by atoms with Crippen molar-refractivity contribution in [1.29, 1.82) is 0 Å². The van der Waals surface area contributed by atoms with Crippen molar-refractivity contribution in [2.45, 2.75) is 6.54 Å². The fraction of sp³-hybridized carbons (Fsp3) is 0.111. The number of nitrogens with zero attached hydrogens (tertiary/aromatic N) is 3. The van der Waals surface area contributed by atoms with E-state index in [2.05, 4.69) is 25.5 Å². The van der Waals surface area contributed by atoms with Crippen molar-refractivity contribution < 1.29 is 0 Å². The number of H-pyrrole nitrogens is 1. The van der Waals surface area contributed by atoms with Crippen LogP contribution < -0.4 is 5.32 Å². The lowest BCUT2D eigenvalue weighted by molar-refractivity contribution is 0.938. The topological polar surface area (TPSA) is 66.5 Å². The van der Waals surface area contributed by atoms with Crippen molar-refractivity contribution in [2.24, 2.45) is 0 Å². The zero-order valence-electron chi connectivity index (χ0n) is 7.84. The summed E-state index contributed by atoms with van der Waals surface area (Å²) < 4.78 is 0.367. The summed E-state index contributed by atoms with van der Waals surface area (Å²) in [6, 6.07) is 3.87. The van der Waals surface area contributed by atoms with Crippen LogP contribution in [-0.2, 0) is 6.54 Å². The molecule has 2 N–H and O–H groups in total. The Labute approximate surface area is 91.6 Å². The molecule has 0 atom stereocenters. The SMILES string of the molecule is S=c1nc(NCc2cccnc2)cn[nH]1. The maximum absolute atomic E-state index is 4.85. The molecule has 0 aliphatic heterocycles. The third kappa shape index (κ3) is 2.81. The minimum Gasteiger partial charge on any atom is -0.365 e. The average Bonchev–Trinajstić information content (AvgIpc) is 2.28. The quantitative estimate of drug-likeness (QED) is 0.766. The molecule has 0 fully saturated rings. The molecule has 0 aromatic carbocycles. The molecule has 5 nitrogen and oxygen atoms in total. The van der Waals surface area contributed by atoms with Crippen molar-refractivity contribution >= 4 is 18.0 Å². The van der Waals surface area contributed by atoms with Gasteiger partial charge in [0.05, 0.1) is 6.20 Å². The van der Waals surface area contributed by atoms with Gasteiger partial charge in [0.2, 0.25) is 4.77 Å². The first kappa shape index (κ1) is 9.72. The van der Waals surface area contributed by atoms with Crippen molar-refractivity contribution in [1.82, 2.24) is 20.2 Å². The first-order valence-corrected chi connectivity index (χ1v) is 4.80. The molecule has 6 heteroatoms. The molecule has 15 heavy (non-hydrogen) atoms. The van der Waals surface area contributed by atoms with E-state index < -0.39 is 0 Å². The predicted molar refractivity (Wildman–Crippen MR) is 58.8 cm³/mol. The predicted octanol–water partition coefficient (Wildman–Crippen LogP) is 1.54. The molecular formula is C9H9N5S. The number of aromatic amines is 1. The van der Waals surface area contributed by atoms with Gasteiger partial charge in [-0.25, -0.2) is 4.98 Å². The van der Waals surface area contributed by atoms with Gasteiger partial charge >= 0.3 is 0 Å². The van der Waals surface area contributed by atoms with Crippen LogP contribution in [-0.4, -0.2) is 20.2 Å². The van der Waals surface area contributed by atoms with Crippen molar-refractivity contribution in [2.75, 3.05) is 5.32 Å². The summed E-state index contributed by atoms with van der Waals surface area (Å²) in [6.07, 6.45) is 5.12. The van der Waals surface area contributed by atoms with Gasteiger partial charge in [-0.15, -0.1) is 0 Å². The molecule has 0 spiro atoms. The van der Waals surface area contributed by atoms with E-state index in [0.717, 1.165) is 5.56 Å². The summed E-state index contributed by atoms with van der Waals surface area (Å²) in [5, 5.41) is 9.50. The van der Waals surface area contributed by atoms with Gasteiger partial charge in [0, 0.05) is 18.9 Å². The molecule has 0 radical (unpaired) electrons. The number of hydrogen-bond acceptors (Lipinski definition) is 5. The first-order valence-electron chi connectivity index (χ1n) is 4.39. The van der Waals surface area contributed by atoms with Crippen LogP contribution in [0.5, 0.6) is 0 Å². The van der Waals surface area contributed by atoms with E-state index in [1.165, 1.54) is 0 Å². The fourth-order valence-corrected chi connectivity index (χ4v) is 1.24. The van der Waals surface area contributed by atoms with Crippen LogP contribution in [0.3, 0.4) is 0 Å². The first-order chi connectivity index (χ1) is 7.34. The molecule has 0 saturated carbocycles. The van der Waals surface area contributed by atoms with Gasteiger partial charge in [0.25, 0.3) is 0 Å². The van der Waals surface area contributed by atoms with Crippen LogP contribution in [0.25, 0.3) is 0 Å². The summed E-state index contributed by atoms with van der Waals surface area (Å²) in [5.41, 5.74) is 1.08. The molecule has 0 aliphatic rings. The van der Waals surface area contributed by atoms with E-state index >= 15 is 0 Å². The van der Waals surface area contributed by atoms with E-state index in [1.54, 1.807) is 18.6 Å². The van der Waals surface area contributed by atoms with Crippen molar-refractivity contribution in [3.05, 3.63) is 41.1 Å². The fourth-order valence-electron chi connectivity index (χ4n) is 1.09. The average molecular weight is 219 g/mol. The lowest BCUT2D eigenvalue weighted by atomic mass is 10.3. The maximum Gasteiger partial charge on any atom is 0.215 e. The van der Waals surface area contributed by atoms with Crippen LogP contribution in [0.15, 0.2) is 30.7 Å². The lowest BCUT2D eigenvalue weighted by Gasteiger charge is -2.03. The molecule has 2 aromatic heterocycles. The number of rotatable bonds is 3. The van der Waals surface area contributed by atoms with E-state index in [0.29, 0.717) is 17.1 Å². The van der Waals surface area contributed by atoms with Gasteiger partial charge in [0.1, 0.15) is 5.82 Å². The Balaban J connectivity index is 2.02. The maximum atomic E-state index is 4.85. The third-order valence-electron chi connectivity index (χ3n) is 1.77. The highest BCUT2D eigenvalue weighted by Gasteiger charge is 1.94. The molecule has 0 unspecified atom stereocenters. The highest BCUT2D eigenvalue weighted by Crippen LogP contribution is 2.02. The molecular weight excluding hydrogens is 210 g/mol. The molecule has 2 heterocycles. The molecule has 2 aromatic rings. The van der Waals surface area contributed by atoms with E-state index in [-0.39, 0.29) is 0 Å². The number of pyridine rings is 1. The van der Waals surface area contributed by atoms with Crippen LogP contribution in [0.2, 0.25) is 0 Å². The van der Waals surface area contributed by atoms with Crippen LogP contribution in [0.4, 0.5) is 5.82 Å². The van der Waals surface area contributed by atoms with Crippen molar-refractivity contribution in [3.8, 4) is 0 Å². The zero-order valence-corrected chi connectivity index (χ0v) is 8.66. The Morgan fingerprint density at radius 2 is 2.33 bits per heavy atom. The number of anilines is 1. The van der Waals surface area contributed by atoms with Crippen LogP contribution in [0.1, 0.15) is 5.56 Å². The van der Waals surface area contributed by atoms with E-state index in [1.807, 2.05) is 12.1 Å². The molecule has 2 rings (SSSR count). The highest BCUT2D eigenvalue weighted by molar-refractivity contribution is 7.71. The second-order valence-electron chi connectivity index (χ2n) is 2.89. The van der Waals surface area contributed by atoms with E-state index in [9.17, 15) is 0 Å². The monoisotopic (exact) mass is 219 g/mol. The summed E-state index contributed by atoms with van der Waals surface area (Å²) in [5.74, 6) is 0.655. The Morgan fingerprint density at radius 3 is 3.07 bits per heavy atom. The molecule has 0 bridgehead atoms. The minimum absolute atomic E-state index is 0.367. The van der Waals surface area contributed by atoms with Crippen LogP contribution >= 0.6 is 12.2 Å². The summed E-state index contributed by atoms with van der Waals surface area (Å²) in [4.78, 5) is 8.07. The Morgan fingerprint density at radius 1 is 1.40 bits per heavy atom. The van der Waals surface area contributed by atoms with Gasteiger partial charge in [-0.1, -0.05) is 6.07 Å². The number of hydrogen-bond donors (Lipinski definition) is 2. The van der Waals surface area contributed by atoms with Gasteiger partial charge < -0.3 is 5.32 Å².